The molecule has 0 aliphatic carbocycles. The number of carbonyl (C=O) groups excluding carboxylic acids is 2. The number of esters is 1. The molecule has 188 valence electrons. The highest BCUT2D eigenvalue weighted by molar-refractivity contribution is 7.92. The lowest BCUT2D eigenvalue weighted by atomic mass is 10.2. The number of aromatic nitrogens is 1. The van der Waals surface area contributed by atoms with E-state index in [0.29, 0.717) is 12.2 Å². The van der Waals surface area contributed by atoms with Gasteiger partial charge in [-0.25, -0.2) is 18.2 Å². The number of carbonyl (C=O) groups is 2. The van der Waals surface area contributed by atoms with Crippen LogP contribution in [0.15, 0.2) is 82.0 Å². The molecule has 11 nitrogen and oxygen atoms in total. The number of pyridine rings is 1. The number of hydrogen-bond acceptors (Lipinski definition) is 9. The number of aromatic hydroxyl groups is 1. The van der Waals surface area contributed by atoms with Crippen LogP contribution in [-0.2, 0) is 19.6 Å². The number of phenols is 1. The molecule has 3 rings (SSSR count). The van der Waals surface area contributed by atoms with Gasteiger partial charge in [0.1, 0.15) is 17.1 Å². The van der Waals surface area contributed by atoms with Gasteiger partial charge in [-0.3, -0.25) is 9.52 Å². The molecule has 36 heavy (non-hydrogen) atoms. The quantitative estimate of drug-likeness (QED) is 0.275. The summed E-state index contributed by atoms with van der Waals surface area (Å²) in [5.41, 5.74) is 0.411. The fraction of sp³-hybridized carbons (Fsp3) is 0.208. The molecule has 3 aromatic rings. The molecule has 2 aromatic carbocycles. The Bertz CT molecular complexity index is 1340. The van der Waals surface area contributed by atoms with E-state index in [1.807, 2.05) is 13.8 Å². The molecule has 0 radical (unpaired) electrons. The number of rotatable bonds is 10. The Morgan fingerprint density at radius 2 is 1.72 bits per heavy atom. The Morgan fingerprint density at radius 3 is 2.39 bits per heavy atom. The first-order valence-corrected chi connectivity index (χ1v) is 12.3. The summed E-state index contributed by atoms with van der Waals surface area (Å²) in [7, 11) is -3.83. The van der Waals surface area contributed by atoms with E-state index in [4.69, 9.17) is 4.74 Å². The molecule has 0 unspecified atom stereocenters. The Labute approximate surface area is 208 Å². The van der Waals surface area contributed by atoms with Crippen LogP contribution >= 0.6 is 0 Å². The van der Waals surface area contributed by atoms with Gasteiger partial charge < -0.3 is 15.2 Å². The van der Waals surface area contributed by atoms with Crippen molar-refractivity contribution in [3.63, 3.8) is 0 Å². The molecular weight excluding hydrogens is 486 g/mol. The first-order chi connectivity index (χ1) is 17.1. The van der Waals surface area contributed by atoms with Crippen LogP contribution in [0.4, 0.5) is 17.2 Å². The van der Waals surface area contributed by atoms with Crippen LogP contribution in [-0.4, -0.2) is 43.5 Å². The summed E-state index contributed by atoms with van der Waals surface area (Å²) >= 11 is 0. The number of azo groups is 1. The fourth-order valence-electron chi connectivity index (χ4n) is 2.75. The number of phenolic OH excluding ortho intramolecular Hbond substituents is 1. The van der Waals surface area contributed by atoms with Crippen molar-refractivity contribution in [1.29, 1.82) is 0 Å². The van der Waals surface area contributed by atoms with Crippen molar-refractivity contribution in [2.45, 2.75) is 18.7 Å². The van der Waals surface area contributed by atoms with Crippen LogP contribution in [0.25, 0.3) is 0 Å². The minimum Gasteiger partial charge on any atom is -0.507 e. The van der Waals surface area contributed by atoms with Gasteiger partial charge in [-0.05, 0) is 60.5 Å². The molecule has 0 aliphatic rings. The second-order valence-electron chi connectivity index (χ2n) is 7.99. The molecule has 1 amide bonds. The topological polar surface area (TPSA) is 159 Å². The largest absolute Gasteiger partial charge is 0.507 e. The standard InChI is InChI=1S/C24H25N5O6S/c1-16(2)14-26-23(31)15-35-24(32)20-13-18(8-11-21(20)30)28-27-17-6-9-19(10-7-17)36(33,34)29-22-5-3-4-12-25-22/h3-13,16,30H,14-15H2,1-2H3,(H,25,29)(H,26,31). The van der Waals surface area contributed by atoms with E-state index in [-0.39, 0.29) is 33.6 Å². The highest BCUT2D eigenvalue weighted by atomic mass is 32.2. The van der Waals surface area contributed by atoms with Crippen molar-refractivity contribution >= 4 is 39.1 Å². The molecule has 12 heteroatoms. The normalized spacial score (nSPS) is 11.4. The van der Waals surface area contributed by atoms with E-state index in [0.717, 1.165) is 0 Å². The van der Waals surface area contributed by atoms with Gasteiger partial charge in [0.25, 0.3) is 15.9 Å². The second-order valence-corrected chi connectivity index (χ2v) is 9.67. The zero-order valence-corrected chi connectivity index (χ0v) is 20.4. The number of sulfonamides is 1. The zero-order valence-electron chi connectivity index (χ0n) is 19.6. The lowest BCUT2D eigenvalue weighted by Crippen LogP contribution is -2.31. The maximum absolute atomic E-state index is 12.5. The van der Waals surface area contributed by atoms with Gasteiger partial charge in [-0.2, -0.15) is 10.2 Å². The van der Waals surface area contributed by atoms with Crippen LogP contribution in [0.5, 0.6) is 5.75 Å². The first kappa shape index (κ1) is 26.3. The van der Waals surface area contributed by atoms with Gasteiger partial charge >= 0.3 is 5.97 Å². The first-order valence-electron chi connectivity index (χ1n) is 10.9. The zero-order chi connectivity index (χ0) is 26.1. The summed E-state index contributed by atoms with van der Waals surface area (Å²) in [5.74, 6) is -1.23. The van der Waals surface area contributed by atoms with E-state index in [9.17, 15) is 23.1 Å². The molecule has 0 spiro atoms. The van der Waals surface area contributed by atoms with Gasteiger partial charge in [0, 0.05) is 12.7 Å². The Kier molecular flexibility index (Phi) is 8.68. The number of amides is 1. The molecule has 0 saturated carbocycles. The van der Waals surface area contributed by atoms with Crippen LogP contribution < -0.4 is 10.0 Å². The maximum Gasteiger partial charge on any atom is 0.342 e. The summed E-state index contributed by atoms with van der Waals surface area (Å²) in [6, 6.07) is 14.5. The predicted molar refractivity (Wildman–Crippen MR) is 132 cm³/mol. The smallest absolute Gasteiger partial charge is 0.342 e. The van der Waals surface area contributed by atoms with Crippen LogP contribution in [0, 0.1) is 5.92 Å². The number of benzene rings is 2. The van der Waals surface area contributed by atoms with Gasteiger partial charge in [-0.1, -0.05) is 19.9 Å². The van der Waals surface area contributed by atoms with E-state index >= 15 is 0 Å². The van der Waals surface area contributed by atoms with Crippen molar-refractivity contribution in [2.24, 2.45) is 16.1 Å². The van der Waals surface area contributed by atoms with E-state index in [1.165, 1.54) is 54.7 Å². The van der Waals surface area contributed by atoms with Gasteiger partial charge in [-0.15, -0.1) is 0 Å². The molecule has 0 aliphatic heterocycles. The molecule has 0 atom stereocenters. The lowest BCUT2D eigenvalue weighted by molar-refractivity contribution is -0.124. The summed E-state index contributed by atoms with van der Waals surface area (Å²) in [6.07, 6.45) is 1.47. The average molecular weight is 512 g/mol. The average Bonchev–Trinajstić information content (AvgIpc) is 2.86. The molecule has 0 fully saturated rings. The third-order valence-corrected chi connectivity index (χ3v) is 5.94. The molecule has 1 heterocycles. The van der Waals surface area contributed by atoms with Crippen molar-refractivity contribution in [2.75, 3.05) is 17.9 Å². The van der Waals surface area contributed by atoms with Crippen molar-refractivity contribution < 1.29 is 27.9 Å². The maximum atomic E-state index is 12.5. The molecular formula is C24H25N5O6S. The molecule has 3 N–H and O–H groups in total. The van der Waals surface area contributed by atoms with Gasteiger partial charge in [0.2, 0.25) is 0 Å². The van der Waals surface area contributed by atoms with Gasteiger partial charge in [0.05, 0.1) is 16.3 Å². The third-order valence-electron chi connectivity index (χ3n) is 4.57. The van der Waals surface area contributed by atoms with Crippen molar-refractivity contribution in [3.05, 3.63) is 72.4 Å². The Balaban J connectivity index is 1.65. The summed E-state index contributed by atoms with van der Waals surface area (Å²) in [4.78, 5) is 28.0. The van der Waals surface area contributed by atoms with Crippen molar-refractivity contribution in [1.82, 2.24) is 10.3 Å². The fourth-order valence-corrected chi connectivity index (χ4v) is 3.76. The lowest BCUT2D eigenvalue weighted by Gasteiger charge is -2.09. The number of nitrogens with one attached hydrogen (secondary N) is 2. The summed E-state index contributed by atoms with van der Waals surface area (Å²) < 4.78 is 32.3. The SMILES string of the molecule is CC(C)CNC(=O)COC(=O)c1cc(N=Nc2ccc(S(=O)(=O)Nc3ccccn3)cc2)ccc1O. The van der Waals surface area contributed by atoms with Crippen LogP contribution in [0.3, 0.4) is 0 Å². The molecule has 0 saturated heterocycles. The minimum atomic E-state index is -3.83. The van der Waals surface area contributed by atoms with Gasteiger partial charge in [0.15, 0.2) is 6.61 Å². The number of hydrogen-bond donors (Lipinski definition) is 3. The van der Waals surface area contributed by atoms with Crippen LogP contribution in [0.2, 0.25) is 0 Å². The second kappa shape index (κ2) is 11.9. The highest BCUT2D eigenvalue weighted by Gasteiger charge is 2.16. The third kappa shape index (κ3) is 7.60. The molecule has 0 bridgehead atoms. The summed E-state index contributed by atoms with van der Waals surface area (Å²) in [6.45, 7) is 3.83. The highest BCUT2D eigenvalue weighted by Crippen LogP contribution is 2.26. The minimum absolute atomic E-state index is 0.0131. The van der Waals surface area contributed by atoms with E-state index < -0.39 is 28.5 Å². The Morgan fingerprint density at radius 1 is 1.03 bits per heavy atom. The number of anilines is 1. The predicted octanol–water partition coefficient (Wildman–Crippen LogP) is 3.93. The number of ether oxygens (including phenoxy) is 1. The van der Waals surface area contributed by atoms with Crippen LogP contribution in [0.1, 0.15) is 24.2 Å². The summed E-state index contributed by atoms with van der Waals surface area (Å²) in [5, 5.41) is 20.7. The monoisotopic (exact) mass is 511 g/mol. The Hall–Kier alpha value is -4.32. The number of nitrogens with zero attached hydrogens (tertiary/aromatic N) is 3. The molecule has 1 aromatic heterocycles. The van der Waals surface area contributed by atoms with E-state index in [1.54, 1.807) is 12.1 Å². The van der Waals surface area contributed by atoms with Crippen molar-refractivity contribution in [3.8, 4) is 5.75 Å². The van der Waals surface area contributed by atoms with E-state index in [2.05, 4.69) is 25.3 Å².